The van der Waals surface area contributed by atoms with Crippen molar-refractivity contribution in [3.8, 4) is 33.4 Å². The van der Waals surface area contributed by atoms with Crippen LogP contribution in [-0.4, -0.2) is 4.40 Å². The summed E-state index contributed by atoms with van der Waals surface area (Å²) in [6.07, 6.45) is 0. The number of hydrogen-bond acceptors (Lipinski definition) is 0. The Hall–Kier alpha value is -4.88. The summed E-state index contributed by atoms with van der Waals surface area (Å²) in [4.78, 5) is 0. The molecule has 2 aromatic heterocycles. The van der Waals surface area contributed by atoms with Crippen LogP contribution in [0.5, 0.6) is 0 Å². The van der Waals surface area contributed by atoms with E-state index in [0.29, 0.717) is 0 Å². The van der Waals surface area contributed by atoms with Crippen molar-refractivity contribution >= 4 is 38.1 Å². The smallest absolute Gasteiger partial charge is 0.0620 e. The average Bonchev–Trinajstić information content (AvgIpc) is 3.49. The molecular weight excluding hydrogens is 458 g/mol. The maximum absolute atomic E-state index is 2.44. The molecule has 0 aliphatic rings. The largest absolute Gasteiger partial charge is 0.308 e. The van der Waals surface area contributed by atoms with Crippen molar-refractivity contribution in [1.29, 1.82) is 0 Å². The van der Waals surface area contributed by atoms with Crippen LogP contribution in [0.2, 0.25) is 0 Å². The van der Waals surface area contributed by atoms with Crippen molar-refractivity contribution < 1.29 is 0 Å². The zero-order chi connectivity index (χ0) is 25.2. The lowest BCUT2D eigenvalue weighted by Crippen LogP contribution is -1.87. The highest BCUT2D eigenvalue weighted by Crippen LogP contribution is 2.40. The van der Waals surface area contributed by atoms with Crippen molar-refractivity contribution in [3.63, 3.8) is 0 Å². The second kappa shape index (κ2) is 8.06. The average molecular weight is 484 g/mol. The zero-order valence-electron chi connectivity index (χ0n) is 21.1. The number of aryl methyl sites for hydroxylation is 1. The normalized spacial score (nSPS) is 11.8. The van der Waals surface area contributed by atoms with E-state index in [-0.39, 0.29) is 0 Å². The Balaban J connectivity index is 1.25. The fourth-order valence-corrected chi connectivity index (χ4v) is 6.28. The molecule has 6 aromatic carbocycles. The van der Waals surface area contributed by atoms with Crippen LogP contribution >= 0.6 is 0 Å². The van der Waals surface area contributed by atoms with Gasteiger partial charge in [-0.25, -0.2) is 0 Å². The van der Waals surface area contributed by atoms with E-state index in [0.717, 1.165) is 0 Å². The molecule has 0 N–H and O–H groups in total. The molecule has 2 heterocycles. The summed E-state index contributed by atoms with van der Waals surface area (Å²) in [6.45, 7) is 2.23. The van der Waals surface area contributed by atoms with Gasteiger partial charge in [0.2, 0.25) is 0 Å². The first-order chi connectivity index (χ1) is 18.8. The highest BCUT2D eigenvalue weighted by molar-refractivity contribution is 6.23. The molecule has 0 saturated heterocycles. The highest BCUT2D eigenvalue weighted by Gasteiger charge is 2.17. The van der Waals surface area contributed by atoms with Gasteiger partial charge in [-0.1, -0.05) is 109 Å². The Morgan fingerprint density at radius 1 is 0.395 bits per heavy atom. The van der Waals surface area contributed by atoms with E-state index in [9.17, 15) is 0 Å². The number of nitrogens with zero attached hydrogens (tertiary/aromatic N) is 1. The van der Waals surface area contributed by atoms with Crippen molar-refractivity contribution in [2.24, 2.45) is 0 Å². The SMILES string of the molecule is Cc1cc(-c2cccc(-c3ccccc3)c2)ccc1-c1ccc2c(c1)c1cccc3c4ccccc4n2c31. The first kappa shape index (κ1) is 21.2. The topological polar surface area (TPSA) is 4.41 Å². The number of para-hydroxylation sites is 2. The summed E-state index contributed by atoms with van der Waals surface area (Å²) < 4.78 is 2.44. The quantitative estimate of drug-likeness (QED) is 0.235. The van der Waals surface area contributed by atoms with Crippen LogP contribution in [0.1, 0.15) is 5.56 Å². The van der Waals surface area contributed by atoms with Gasteiger partial charge in [0.15, 0.2) is 0 Å². The fraction of sp³-hybridized carbons (Fsp3) is 0.0270. The van der Waals surface area contributed by atoms with E-state index >= 15 is 0 Å². The molecule has 0 saturated carbocycles. The molecule has 8 aromatic rings. The Kier molecular flexibility index (Phi) is 4.50. The summed E-state index contributed by atoms with van der Waals surface area (Å²) in [7, 11) is 0. The third-order valence-electron chi connectivity index (χ3n) is 8.06. The Bertz CT molecular complexity index is 2130. The molecule has 0 amide bonds. The molecule has 0 bridgehead atoms. The lowest BCUT2D eigenvalue weighted by Gasteiger charge is -2.11. The summed E-state index contributed by atoms with van der Waals surface area (Å²) >= 11 is 0. The predicted octanol–water partition coefficient (Wildman–Crippen LogP) is 10.1. The molecule has 0 aliphatic heterocycles. The van der Waals surface area contributed by atoms with Gasteiger partial charge in [-0.3, -0.25) is 0 Å². The maximum atomic E-state index is 2.44. The van der Waals surface area contributed by atoms with Gasteiger partial charge in [-0.15, -0.1) is 0 Å². The van der Waals surface area contributed by atoms with Crippen LogP contribution in [0.15, 0.2) is 133 Å². The van der Waals surface area contributed by atoms with E-state index in [4.69, 9.17) is 0 Å². The van der Waals surface area contributed by atoms with Crippen LogP contribution in [0.25, 0.3) is 71.5 Å². The van der Waals surface area contributed by atoms with Crippen LogP contribution in [-0.2, 0) is 0 Å². The van der Waals surface area contributed by atoms with Gasteiger partial charge in [0.25, 0.3) is 0 Å². The molecule has 0 aliphatic carbocycles. The molecule has 0 fully saturated rings. The third-order valence-corrected chi connectivity index (χ3v) is 8.06. The fourth-order valence-electron chi connectivity index (χ4n) is 6.28. The number of fused-ring (bicyclic) bond motifs is 6. The van der Waals surface area contributed by atoms with Crippen LogP contribution in [0.4, 0.5) is 0 Å². The second-order valence-electron chi connectivity index (χ2n) is 10.3. The van der Waals surface area contributed by atoms with Gasteiger partial charge < -0.3 is 4.40 Å². The number of aromatic nitrogens is 1. The standard InChI is InChI=1S/C37H25N/c1-24-21-28(27-12-7-11-26(22-27)25-9-3-2-4-10-25)17-19-30(24)29-18-20-36-34(23-29)33-15-8-14-32-31-13-5-6-16-35(31)38(36)37(32)33/h2-23H,1H3. The third kappa shape index (κ3) is 3.06. The Labute approximate surface area is 221 Å². The van der Waals surface area contributed by atoms with Crippen molar-refractivity contribution in [1.82, 2.24) is 4.40 Å². The van der Waals surface area contributed by atoms with E-state index < -0.39 is 0 Å². The molecule has 8 rings (SSSR count). The Morgan fingerprint density at radius 2 is 1.00 bits per heavy atom. The summed E-state index contributed by atoms with van der Waals surface area (Å²) in [6, 6.07) is 48.7. The zero-order valence-corrected chi connectivity index (χ0v) is 21.1. The first-order valence-electron chi connectivity index (χ1n) is 13.2. The summed E-state index contributed by atoms with van der Waals surface area (Å²) in [5.41, 5.74) is 12.7. The molecule has 0 unspecified atom stereocenters. The molecule has 38 heavy (non-hydrogen) atoms. The van der Waals surface area contributed by atoms with Crippen molar-refractivity contribution in [3.05, 3.63) is 139 Å². The molecular formula is C37H25N. The molecule has 1 heteroatoms. The molecule has 0 radical (unpaired) electrons. The molecule has 0 spiro atoms. The maximum Gasteiger partial charge on any atom is 0.0620 e. The van der Waals surface area contributed by atoms with E-state index in [1.54, 1.807) is 0 Å². The lowest BCUT2D eigenvalue weighted by molar-refractivity contribution is 1.37. The van der Waals surface area contributed by atoms with Crippen LogP contribution in [0.3, 0.4) is 0 Å². The monoisotopic (exact) mass is 483 g/mol. The number of benzene rings is 6. The van der Waals surface area contributed by atoms with E-state index in [1.807, 2.05) is 0 Å². The van der Waals surface area contributed by atoms with Crippen molar-refractivity contribution in [2.45, 2.75) is 6.92 Å². The second-order valence-corrected chi connectivity index (χ2v) is 10.3. The molecule has 0 atom stereocenters. The Morgan fingerprint density at radius 3 is 1.84 bits per heavy atom. The van der Waals surface area contributed by atoms with Crippen molar-refractivity contribution in [2.75, 3.05) is 0 Å². The highest BCUT2D eigenvalue weighted by atomic mass is 14.9. The van der Waals surface area contributed by atoms with Gasteiger partial charge in [-0.2, -0.15) is 0 Å². The van der Waals surface area contributed by atoms with Gasteiger partial charge in [0.05, 0.1) is 16.6 Å². The predicted molar refractivity (Wildman–Crippen MR) is 162 cm³/mol. The van der Waals surface area contributed by atoms with Gasteiger partial charge in [-0.05, 0) is 70.1 Å². The lowest BCUT2D eigenvalue weighted by atomic mass is 9.93. The van der Waals surface area contributed by atoms with Gasteiger partial charge in [0, 0.05) is 21.5 Å². The minimum Gasteiger partial charge on any atom is -0.308 e. The minimum atomic E-state index is 1.24. The first-order valence-corrected chi connectivity index (χ1v) is 13.2. The minimum absolute atomic E-state index is 1.24. The number of hydrogen-bond donors (Lipinski definition) is 0. The molecule has 1 nitrogen and oxygen atoms in total. The van der Waals surface area contributed by atoms with E-state index in [1.165, 1.54) is 77.0 Å². The van der Waals surface area contributed by atoms with E-state index in [2.05, 4.69) is 145 Å². The number of rotatable bonds is 3. The van der Waals surface area contributed by atoms with Gasteiger partial charge in [0.1, 0.15) is 0 Å². The van der Waals surface area contributed by atoms with Gasteiger partial charge >= 0.3 is 0 Å². The molecule has 178 valence electrons. The summed E-state index contributed by atoms with van der Waals surface area (Å²) in [5, 5.41) is 5.28. The van der Waals surface area contributed by atoms with Crippen LogP contribution in [0, 0.1) is 6.92 Å². The van der Waals surface area contributed by atoms with Crippen LogP contribution < -0.4 is 0 Å². The summed E-state index contributed by atoms with van der Waals surface area (Å²) in [5.74, 6) is 0.